The molecule has 1 aliphatic heterocycles. The molecule has 0 bridgehead atoms. The van der Waals surface area contributed by atoms with Gasteiger partial charge in [0, 0.05) is 25.2 Å². The number of nitrogens with zero attached hydrogens (tertiary/aromatic N) is 1. The topological polar surface area (TPSA) is 94.5 Å². The second-order valence-corrected chi connectivity index (χ2v) is 10.9. The Labute approximate surface area is 220 Å². The maximum atomic E-state index is 14.2. The molecule has 3 N–H and O–H groups in total. The van der Waals surface area contributed by atoms with Gasteiger partial charge in [-0.25, -0.2) is 13.3 Å². The molecule has 0 spiro atoms. The Morgan fingerprint density at radius 3 is 2.29 bits per heavy atom. The van der Waals surface area contributed by atoms with Gasteiger partial charge in [0.15, 0.2) is 5.75 Å². The van der Waals surface area contributed by atoms with Gasteiger partial charge >= 0.3 is 6.18 Å². The summed E-state index contributed by atoms with van der Waals surface area (Å²) >= 11 is 0. The van der Waals surface area contributed by atoms with Crippen molar-refractivity contribution in [2.75, 3.05) is 18.4 Å². The van der Waals surface area contributed by atoms with Gasteiger partial charge in [0.2, 0.25) is 0 Å². The lowest BCUT2D eigenvalue weighted by molar-refractivity contribution is -0.123. The minimum Gasteiger partial charge on any atom is -0.454 e. The average molecular weight is 547 g/mol. The zero-order chi connectivity index (χ0) is 27.3. The maximum Gasteiger partial charge on any atom is 0.405 e. The van der Waals surface area contributed by atoms with E-state index in [1.165, 1.54) is 16.4 Å². The molecule has 0 radical (unpaired) electrons. The fourth-order valence-corrected chi connectivity index (χ4v) is 5.70. The van der Waals surface area contributed by atoms with E-state index in [0.29, 0.717) is 12.3 Å². The number of alkyl halides is 3. The van der Waals surface area contributed by atoms with Crippen LogP contribution in [0.5, 0.6) is 11.5 Å². The van der Waals surface area contributed by atoms with Crippen molar-refractivity contribution in [3.8, 4) is 11.5 Å². The van der Waals surface area contributed by atoms with Crippen molar-refractivity contribution in [3.05, 3.63) is 83.4 Å². The normalized spacial score (nSPS) is 14.9. The molecule has 1 aliphatic rings. The summed E-state index contributed by atoms with van der Waals surface area (Å²) in [5.41, 5.74) is 1.98. The molecule has 11 heteroatoms. The zero-order valence-electron chi connectivity index (χ0n) is 20.8. The highest BCUT2D eigenvalue weighted by atomic mass is 32.2. The van der Waals surface area contributed by atoms with E-state index in [0.717, 1.165) is 24.0 Å². The molecular weight excluding hydrogens is 517 g/mol. The first-order valence-corrected chi connectivity index (χ1v) is 13.7. The number of amides is 1. The highest BCUT2D eigenvalue weighted by Gasteiger charge is 2.33. The van der Waals surface area contributed by atoms with Crippen LogP contribution in [-0.2, 0) is 23.0 Å². The molecule has 1 amide bonds. The minimum atomic E-state index is -4.60. The summed E-state index contributed by atoms with van der Waals surface area (Å²) < 4.78 is 69.3. The van der Waals surface area contributed by atoms with Gasteiger partial charge < -0.3 is 15.4 Å². The molecule has 1 unspecified atom stereocenters. The SMILES string of the molecule is CCCCNc1cc(C(=O)NCC(F)(F)F)cc(S(=N)(=O)N2Cc3ccccc3C2)c1Oc1ccccc1. The summed E-state index contributed by atoms with van der Waals surface area (Å²) in [4.78, 5) is 12.7. The average Bonchev–Trinajstić information content (AvgIpc) is 3.33. The number of nitrogens with one attached hydrogen (secondary N) is 3. The van der Waals surface area contributed by atoms with Crippen molar-refractivity contribution in [3.63, 3.8) is 0 Å². The Hall–Kier alpha value is -3.57. The fourth-order valence-electron chi connectivity index (χ4n) is 4.09. The third-order valence-corrected chi connectivity index (χ3v) is 7.93. The maximum absolute atomic E-state index is 14.2. The highest BCUT2D eigenvalue weighted by molar-refractivity contribution is 7.90. The zero-order valence-corrected chi connectivity index (χ0v) is 21.6. The van der Waals surface area contributed by atoms with E-state index < -0.39 is 28.5 Å². The number of para-hydroxylation sites is 1. The van der Waals surface area contributed by atoms with Crippen LogP contribution in [0, 0.1) is 4.78 Å². The van der Waals surface area contributed by atoms with Crippen LogP contribution < -0.4 is 15.4 Å². The molecular formula is C27H29F3N4O3S. The van der Waals surface area contributed by atoms with Crippen LogP contribution in [0.25, 0.3) is 0 Å². The predicted molar refractivity (Wildman–Crippen MR) is 140 cm³/mol. The summed E-state index contributed by atoms with van der Waals surface area (Å²) in [6, 6.07) is 18.8. The number of carbonyl (C=O) groups is 1. The Balaban J connectivity index is 1.81. The van der Waals surface area contributed by atoms with Crippen LogP contribution >= 0.6 is 0 Å². The van der Waals surface area contributed by atoms with Gasteiger partial charge in [-0.2, -0.15) is 13.2 Å². The number of ether oxygens (including phenoxy) is 1. The van der Waals surface area contributed by atoms with Crippen molar-refractivity contribution in [2.45, 2.75) is 43.9 Å². The molecule has 4 rings (SSSR count). The molecule has 0 saturated heterocycles. The first-order chi connectivity index (χ1) is 18.1. The van der Waals surface area contributed by atoms with Gasteiger partial charge in [0.05, 0.1) is 5.69 Å². The number of carbonyl (C=O) groups excluding carboxylic acids is 1. The van der Waals surface area contributed by atoms with Crippen LogP contribution in [-0.4, -0.2) is 33.7 Å². The molecule has 0 aromatic heterocycles. The Morgan fingerprint density at radius 1 is 1.05 bits per heavy atom. The minimum absolute atomic E-state index is 0.0900. The fraction of sp³-hybridized carbons (Fsp3) is 0.296. The third kappa shape index (κ3) is 6.46. The quantitative estimate of drug-likeness (QED) is 0.260. The number of rotatable bonds is 10. The van der Waals surface area contributed by atoms with Crippen molar-refractivity contribution in [1.29, 1.82) is 4.78 Å². The van der Waals surface area contributed by atoms with Crippen molar-refractivity contribution < 1.29 is 26.9 Å². The lowest BCUT2D eigenvalue weighted by Gasteiger charge is -2.24. The van der Waals surface area contributed by atoms with Gasteiger partial charge in [-0.1, -0.05) is 55.8 Å². The smallest absolute Gasteiger partial charge is 0.405 e. The molecule has 3 aromatic carbocycles. The number of hydrogen-bond donors (Lipinski definition) is 3. The van der Waals surface area contributed by atoms with Crippen molar-refractivity contribution >= 4 is 21.5 Å². The number of benzene rings is 3. The monoisotopic (exact) mass is 546 g/mol. The summed E-state index contributed by atoms with van der Waals surface area (Å²) in [6.45, 7) is 1.44. The van der Waals surface area contributed by atoms with Gasteiger partial charge in [0.25, 0.3) is 5.91 Å². The molecule has 1 atom stereocenters. The van der Waals surface area contributed by atoms with E-state index in [1.54, 1.807) is 30.3 Å². The summed E-state index contributed by atoms with van der Waals surface area (Å²) in [7, 11) is -3.74. The van der Waals surface area contributed by atoms with E-state index >= 15 is 0 Å². The molecule has 38 heavy (non-hydrogen) atoms. The number of anilines is 1. The highest BCUT2D eigenvalue weighted by Crippen LogP contribution is 2.41. The molecule has 0 saturated carbocycles. The number of unbranched alkanes of at least 4 members (excludes halogenated alkanes) is 1. The Bertz CT molecular complexity index is 1370. The van der Waals surface area contributed by atoms with Gasteiger partial charge in [-0.15, -0.1) is 0 Å². The lowest BCUT2D eigenvalue weighted by atomic mass is 10.1. The van der Waals surface area contributed by atoms with Crippen molar-refractivity contribution in [2.24, 2.45) is 0 Å². The molecule has 1 heterocycles. The number of halogens is 3. The molecule has 0 aliphatic carbocycles. The van der Waals surface area contributed by atoms with E-state index in [-0.39, 0.29) is 35.0 Å². The number of hydrogen-bond acceptors (Lipinski definition) is 5. The van der Waals surface area contributed by atoms with E-state index in [1.807, 2.05) is 36.5 Å². The predicted octanol–water partition coefficient (Wildman–Crippen LogP) is 6.32. The van der Waals surface area contributed by atoms with Crippen LogP contribution in [0.3, 0.4) is 0 Å². The van der Waals surface area contributed by atoms with Crippen molar-refractivity contribution in [1.82, 2.24) is 9.62 Å². The molecule has 0 fully saturated rings. The summed E-state index contributed by atoms with van der Waals surface area (Å²) in [6.07, 6.45) is -2.97. The van der Waals surface area contributed by atoms with E-state index in [4.69, 9.17) is 9.52 Å². The molecule has 7 nitrogen and oxygen atoms in total. The van der Waals surface area contributed by atoms with Gasteiger partial charge in [-0.3, -0.25) is 4.79 Å². The van der Waals surface area contributed by atoms with Crippen LogP contribution in [0.2, 0.25) is 0 Å². The second-order valence-electron chi connectivity index (χ2n) is 8.94. The van der Waals surface area contributed by atoms with Gasteiger partial charge in [-0.05, 0) is 41.8 Å². The van der Waals surface area contributed by atoms with E-state index in [9.17, 15) is 22.2 Å². The molecule has 3 aromatic rings. The molecule has 202 valence electrons. The summed E-state index contributed by atoms with van der Waals surface area (Å²) in [5.74, 6) is -0.481. The lowest BCUT2D eigenvalue weighted by Crippen LogP contribution is -2.34. The first-order valence-electron chi connectivity index (χ1n) is 12.2. The third-order valence-electron chi connectivity index (χ3n) is 6.05. The summed E-state index contributed by atoms with van der Waals surface area (Å²) in [5, 5.41) is 5.03. The van der Waals surface area contributed by atoms with E-state index in [2.05, 4.69) is 5.32 Å². The largest absolute Gasteiger partial charge is 0.454 e. The van der Waals surface area contributed by atoms with Gasteiger partial charge in [0.1, 0.15) is 27.1 Å². The standard InChI is InChI=1S/C27H29F3N4O3S/c1-2-3-13-32-23-14-21(26(35)33-18-27(28,29)30)15-24(25(23)37-22-11-5-4-6-12-22)38(31,36)34-16-19-9-7-8-10-20(19)17-34/h4-12,14-15,31-32H,2-3,13,16-18H2,1H3,(H,33,35). The van der Waals surface area contributed by atoms with Crippen LogP contribution in [0.4, 0.5) is 18.9 Å². The Morgan fingerprint density at radius 2 is 1.68 bits per heavy atom. The second kappa shape index (κ2) is 11.4. The van der Waals surface area contributed by atoms with Crippen LogP contribution in [0.1, 0.15) is 41.3 Å². The Kier molecular flexibility index (Phi) is 8.27. The van der Waals surface area contributed by atoms with Crippen LogP contribution in [0.15, 0.2) is 71.6 Å². The first kappa shape index (κ1) is 27.5. The number of fused-ring (bicyclic) bond motifs is 1.